The summed E-state index contributed by atoms with van der Waals surface area (Å²) in [7, 11) is 2.04. The van der Waals surface area contributed by atoms with E-state index in [0.29, 0.717) is 6.04 Å². The van der Waals surface area contributed by atoms with Crippen LogP contribution in [0.25, 0.3) is 0 Å². The van der Waals surface area contributed by atoms with Crippen molar-refractivity contribution in [2.24, 2.45) is 0 Å². The van der Waals surface area contributed by atoms with Gasteiger partial charge in [-0.15, -0.1) is 11.8 Å². The van der Waals surface area contributed by atoms with E-state index in [-0.39, 0.29) is 0 Å². The summed E-state index contributed by atoms with van der Waals surface area (Å²) in [6.45, 7) is 0. The van der Waals surface area contributed by atoms with E-state index in [1.54, 1.807) is 0 Å². The summed E-state index contributed by atoms with van der Waals surface area (Å²) < 4.78 is 0. The lowest BCUT2D eigenvalue weighted by Gasteiger charge is -2.16. The molecule has 0 spiro atoms. The highest BCUT2D eigenvalue weighted by molar-refractivity contribution is 7.99. The maximum Gasteiger partial charge on any atom is 0.0317 e. The van der Waals surface area contributed by atoms with Gasteiger partial charge in [0.1, 0.15) is 0 Å². The smallest absolute Gasteiger partial charge is 0.0317 e. The zero-order chi connectivity index (χ0) is 13.3. The molecule has 1 unspecified atom stereocenters. The average molecular weight is 271 g/mol. The van der Waals surface area contributed by atoms with Crippen LogP contribution in [0.1, 0.15) is 24.4 Å². The topological polar surface area (TPSA) is 12.0 Å². The van der Waals surface area contributed by atoms with Crippen molar-refractivity contribution in [3.8, 4) is 0 Å². The number of nitrogens with one attached hydrogen (secondary N) is 1. The molecule has 0 aromatic heterocycles. The Hall–Kier alpha value is -1.25. The molecule has 0 bridgehead atoms. The van der Waals surface area contributed by atoms with Crippen LogP contribution in [0.3, 0.4) is 0 Å². The minimum Gasteiger partial charge on any atom is -0.313 e. The molecule has 1 nitrogen and oxygen atoms in total. The summed E-state index contributed by atoms with van der Waals surface area (Å²) >= 11 is 1.94. The molecule has 0 aliphatic carbocycles. The van der Waals surface area contributed by atoms with E-state index in [1.807, 2.05) is 18.8 Å². The molecule has 0 amide bonds. The van der Waals surface area contributed by atoms with Gasteiger partial charge in [0.15, 0.2) is 0 Å². The van der Waals surface area contributed by atoms with Crippen molar-refractivity contribution in [2.45, 2.75) is 23.8 Å². The third-order valence-electron chi connectivity index (χ3n) is 3.20. The Morgan fingerprint density at radius 1 is 0.947 bits per heavy atom. The van der Waals surface area contributed by atoms with Gasteiger partial charge < -0.3 is 5.32 Å². The largest absolute Gasteiger partial charge is 0.313 e. The number of hydrogen-bond acceptors (Lipinski definition) is 2. The first kappa shape index (κ1) is 14.2. The van der Waals surface area contributed by atoms with Gasteiger partial charge in [-0.2, -0.15) is 0 Å². The second kappa shape index (κ2) is 8.03. The molecular formula is C17H21NS. The summed E-state index contributed by atoms with van der Waals surface area (Å²) in [6, 6.07) is 21.8. The monoisotopic (exact) mass is 271 g/mol. The van der Waals surface area contributed by atoms with Gasteiger partial charge in [0, 0.05) is 10.9 Å². The minimum absolute atomic E-state index is 0.470. The van der Waals surface area contributed by atoms with Gasteiger partial charge in [-0.25, -0.2) is 0 Å². The van der Waals surface area contributed by atoms with Crippen molar-refractivity contribution in [1.29, 1.82) is 0 Å². The van der Waals surface area contributed by atoms with Crippen molar-refractivity contribution in [3.05, 3.63) is 66.2 Å². The number of rotatable bonds is 7. The summed E-state index contributed by atoms with van der Waals surface area (Å²) in [5.74, 6) is 1.18. The van der Waals surface area contributed by atoms with Crippen molar-refractivity contribution in [1.82, 2.24) is 5.32 Å². The highest BCUT2D eigenvalue weighted by Gasteiger charge is 2.07. The van der Waals surface area contributed by atoms with E-state index in [9.17, 15) is 0 Å². The van der Waals surface area contributed by atoms with Crippen LogP contribution in [0, 0.1) is 0 Å². The summed E-state index contributed by atoms with van der Waals surface area (Å²) in [6.07, 6.45) is 2.40. The van der Waals surface area contributed by atoms with Crippen molar-refractivity contribution < 1.29 is 0 Å². The number of benzene rings is 2. The molecule has 0 heterocycles. The fourth-order valence-electron chi connectivity index (χ4n) is 2.16. The summed E-state index contributed by atoms with van der Waals surface area (Å²) in [5, 5.41) is 3.41. The van der Waals surface area contributed by atoms with E-state index in [4.69, 9.17) is 0 Å². The summed E-state index contributed by atoms with van der Waals surface area (Å²) in [4.78, 5) is 1.36. The van der Waals surface area contributed by atoms with Crippen LogP contribution < -0.4 is 5.32 Å². The molecule has 2 aromatic rings. The standard InChI is InChI=1S/C17H21NS/c1-18-17(15-9-4-2-5-10-15)13-8-14-19-16-11-6-3-7-12-16/h2-7,9-12,17-18H,8,13-14H2,1H3. The molecule has 0 aliphatic heterocycles. The molecule has 0 fully saturated rings. The van der Waals surface area contributed by atoms with Crippen LogP contribution in [-0.2, 0) is 0 Å². The fraction of sp³-hybridized carbons (Fsp3) is 0.294. The van der Waals surface area contributed by atoms with Gasteiger partial charge >= 0.3 is 0 Å². The molecule has 0 radical (unpaired) electrons. The van der Waals surface area contributed by atoms with Gasteiger partial charge in [0.25, 0.3) is 0 Å². The minimum atomic E-state index is 0.470. The Kier molecular flexibility index (Phi) is 5.99. The predicted molar refractivity (Wildman–Crippen MR) is 84.6 cm³/mol. The van der Waals surface area contributed by atoms with E-state index in [2.05, 4.69) is 66.0 Å². The zero-order valence-electron chi connectivity index (χ0n) is 11.4. The molecule has 0 aliphatic rings. The fourth-order valence-corrected chi connectivity index (χ4v) is 3.05. The Balaban J connectivity index is 1.75. The Labute approximate surface area is 120 Å². The third-order valence-corrected chi connectivity index (χ3v) is 4.30. The molecule has 1 N–H and O–H groups in total. The molecule has 0 saturated carbocycles. The van der Waals surface area contributed by atoms with Gasteiger partial charge in [-0.1, -0.05) is 48.5 Å². The predicted octanol–water partition coefficient (Wildman–Crippen LogP) is 4.52. The highest BCUT2D eigenvalue weighted by Crippen LogP contribution is 2.22. The van der Waals surface area contributed by atoms with E-state index in [0.717, 1.165) is 0 Å². The first-order valence-electron chi connectivity index (χ1n) is 6.80. The zero-order valence-corrected chi connectivity index (χ0v) is 12.2. The number of thioether (sulfide) groups is 1. The van der Waals surface area contributed by atoms with Crippen LogP contribution in [0.15, 0.2) is 65.6 Å². The molecule has 2 heteroatoms. The molecule has 19 heavy (non-hydrogen) atoms. The van der Waals surface area contributed by atoms with Crippen molar-refractivity contribution in [2.75, 3.05) is 12.8 Å². The Morgan fingerprint density at radius 2 is 1.58 bits per heavy atom. The van der Waals surface area contributed by atoms with Crippen LogP contribution in [-0.4, -0.2) is 12.8 Å². The lowest BCUT2D eigenvalue weighted by atomic mass is 10.0. The molecule has 0 saturated heterocycles. The lowest BCUT2D eigenvalue weighted by molar-refractivity contribution is 0.544. The third kappa shape index (κ3) is 4.73. The van der Waals surface area contributed by atoms with Crippen LogP contribution in [0.5, 0.6) is 0 Å². The molecule has 2 rings (SSSR count). The van der Waals surface area contributed by atoms with Crippen molar-refractivity contribution >= 4 is 11.8 Å². The van der Waals surface area contributed by atoms with Gasteiger partial charge in [-0.3, -0.25) is 0 Å². The van der Waals surface area contributed by atoms with Crippen LogP contribution in [0.4, 0.5) is 0 Å². The van der Waals surface area contributed by atoms with Crippen molar-refractivity contribution in [3.63, 3.8) is 0 Å². The van der Waals surface area contributed by atoms with Crippen LogP contribution in [0.2, 0.25) is 0 Å². The average Bonchev–Trinajstić information content (AvgIpc) is 2.49. The first-order valence-corrected chi connectivity index (χ1v) is 7.79. The quantitative estimate of drug-likeness (QED) is 0.587. The van der Waals surface area contributed by atoms with E-state index in [1.165, 1.54) is 29.1 Å². The Bertz CT molecular complexity index is 455. The highest BCUT2D eigenvalue weighted by atomic mass is 32.2. The SMILES string of the molecule is CNC(CCCSc1ccccc1)c1ccccc1. The van der Waals surface area contributed by atoms with Gasteiger partial charge in [-0.05, 0) is 43.3 Å². The van der Waals surface area contributed by atoms with E-state index >= 15 is 0 Å². The molecule has 2 aromatic carbocycles. The molecule has 100 valence electrons. The first-order chi connectivity index (χ1) is 9.40. The summed E-state index contributed by atoms with van der Waals surface area (Å²) in [5.41, 5.74) is 1.38. The second-order valence-corrected chi connectivity index (χ2v) is 5.72. The van der Waals surface area contributed by atoms with E-state index < -0.39 is 0 Å². The number of hydrogen-bond donors (Lipinski definition) is 1. The van der Waals surface area contributed by atoms with Gasteiger partial charge in [0.2, 0.25) is 0 Å². The van der Waals surface area contributed by atoms with Gasteiger partial charge in [0.05, 0.1) is 0 Å². The maximum absolute atomic E-state index is 3.41. The van der Waals surface area contributed by atoms with Crippen LogP contribution >= 0.6 is 11.8 Å². The molecule has 1 atom stereocenters. The Morgan fingerprint density at radius 3 is 2.21 bits per heavy atom. The second-order valence-electron chi connectivity index (χ2n) is 4.56. The maximum atomic E-state index is 3.41. The normalized spacial score (nSPS) is 12.3. The molecular weight excluding hydrogens is 250 g/mol. The lowest BCUT2D eigenvalue weighted by Crippen LogP contribution is -2.16.